The Morgan fingerprint density at radius 1 is 0.641 bits per heavy atom. The molecule has 10 heteroatoms. The molecule has 10 nitrogen and oxygen atoms in total. The standard InChI is InChI=1S/C29H48N2O8/c32-21-9-11-23(24(14-21)28(35)36)27(34)30-20-7-5-18(6-8-20)13-17-1-3-19(4-2-17)16-39-31-26-12-10-22(33)15-25(26)29(37)38/h17-26,31-33H,1-16H2,(H,30,34)(H,35,36)(H,37,38). The molecule has 4 fully saturated rings. The molecule has 6 atom stereocenters. The van der Waals surface area contributed by atoms with Gasteiger partial charge in [0.25, 0.3) is 0 Å². The van der Waals surface area contributed by atoms with Crippen LogP contribution in [0.15, 0.2) is 0 Å². The summed E-state index contributed by atoms with van der Waals surface area (Å²) in [6.07, 6.45) is 11.2. The highest BCUT2D eigenvalue weighted by Crippen LogP contribution is 2.38. The molecule has 4 aliphatic carbocycles. The van der Waals surface area contributed by atoms with Gasteiger partial charge >= 0.3 is 11.9 Å². The molecule has 4 saturated carbocycles. The first-order valence-electron chi connectivity index (χ1n) is 15.2. The lowest BCUT2D eigenvalue weighted by atomic mass is 9.74. The summed E-state index contributed by atoms with van der Waals surface area (Å²) >= 11 is 0. The van der Waals surface area contributed by atoms with Crippen LogP contribution in [0.4, 0.5) is 0 Å². The van der Waals surface area contributed by atoms with E-state index in [-0.39, 0.29) is 30.8 Å². The molecule has 0 aromatic heterocycles. The molecule has 0 heterocycles. The summed E-state index contributed by atoms with van der Waals surface area (Å²) < 4.78 is 0. The smallest absolute Gasteiger partial charge is 0.308 e. The van der Waals surface area contributed by atoms with Gasteiger partial charge in [-0.2, -0.15) is 5.48 Å². The van der Waals surface area contributed by atoms with Gasteiger partial charge < -0.3 is 30.6 Å². The molecule has 0 saturated heterocycles. The Morgan fingerprint density at radius 2 is 1.18 bits per heavy atom. The van der Waals surface area contributed by atoms with Gasteiger partial charge in [0.15, 0.2) is 0 Å². The highest BCUT2D eigenvalue weighted by molar-refractivity contribution is 5.85. The lowest BCUT2D eigenvalue weighted by Gasteiger charge is -2.36. The Labute approximate surface area is 231 Å². The zero-order chi connectivity index (χ0) is 27.9. The fourth-order valence-electron chi connectivity index (χ4n) is 7.53. The molecule has 6 N–H and O–H groups in total. The van der Waals surface area contributed by atoms with Crippen LogP contribution in [-0.2, 0) is 19.2 Å². The van der Waals surface area contributed by atoms with Crippen molar-refractivity contribution in [3.63, 3.8) is 0 Å². The quantitative estimate of drug-likeness (QED) is 0.224. The monoisotopic (exact) mass is 552 g/mol. The van der Waals surface area contributed by atoms with E-state index in [2.05, 4.69) is 10.8 Å². The molecule has 6 unspecified atom stereocenters. The minimum atomic E-state index is -0.994. The van der Waals surface area contributed by atoms with E-state index >= 15 is 0 Å². The van der Waals surface area contributed by atoms with Crippen LogP contribution in [0.2, 0.25) is 0 Å². The molecule has 222 valence electrons. The molecule has 0 aliphatic heterocycles. The third-order valence-corrected chi connectivity index (χ3v) is 10.00. The van der Waals surface area contributed by atoms with E-state index < -0.39 is 41.9 Å². The zero-order valence-electron chi connectivity index (χ0n) is 23.0. The number of amides is 1. The minimum absolute atomic E-state index is 0.114. The number of aliphatic hydroxyl groups is 2. The predicted octanol–water partition coefficient (Wildman–Crippen LogP) is 2.86. The molecule has 4 aliphatic rings. The predicted molar refractivity (Wildman–Crippen MR) is 142 cm³/mol. The SMILES string of the molecule is O=C(O)C1CC(O)CCC1NOCC1CCC(CC2CCC(NC(=O)C3CCC(O)CC3C(=O)O)CC2)CC1. The number of rotatable bonds is 10. The number of carboxylic acids is 2. The third kappa shape index (κ3) is 8.62. The molecule has 0 spiro atoms. The van der Waals surface area contributed by atoms with Gasteiger partial charge in [-0.15, -0.1) is 0 Å². The van der Waals surface area contributed by atoms with E-state index in [0.29, 0.717) is 50.0 Å². The van der Waals surface area contributed by atoms with E-state index in [4.69, 9.17) is 4.84 Å². The van der Waals surface area contributed by atoms with Crippen LogP contribution in [0, 0.1) is 35.5 Å². The average molecular weight is 553 g/mol. The summed E-state index contributed by atoms with van der Waals surface area (Å²) in [5, 5.41) is 41.6. The summed E-state index contributed by atoms with van der Waals surface area (Å²) in [6.45, 7) is 0.589. The summed E-state index contributed by atoms with van der Waals surface area (Å²) in [4.78, 5) is 41.7. The highest BCUT2D eigenvalue weighted by Gasteiger charge is 2.40. The second-order valence-electron chi connectivity index (χ2n) is 12.8. The summed E-state index contributed by atoms with van der Waals surface area (Å²) in [6, 6.07) is -0.139. The van der Waals surface area contributed by atoms with Gasteiger partial charge in [0.2, 0.25) is 5.91 Å². The van der Waals surface area contributed by atoms with Crippen LogP contribution >= 0.6 is 0 Å². The summed E-state index contributed by atoms with van der Waals surface area (Å²) in [5.41, 5.74) is 2.98. The molecular weight excluding hydrogens is 504 g/mol. The highest BCUT2D eigenvalue weighted by atomic mass is 16.6. The minimum Gasteiger partial charge on any atom is -0.481 e. The molecule has 0 bridgehead atoms. The number of carboxylic acid groups (broad SMARTS) is 2. The van der Waals surface area contributed by atoms with Crippen molar-refractivity contribution in [3.05, 3.63) is 0 Å². The van der Waals surface area contributed by atoms with Gasteiger partial charge in [0, 0.05) is 12.1 Å². The Balaban J connectivity index is 1.10. The second kappa shape index (κ2) is 14.2. The second-order valence-corrected chi connectivity index (χ2v) is 12.8. The van der Waals surface area contributed by atoms with Crippen LogP contribution in [0.5, 0.6) is 0 Å². The molecule has 0 aromatic rings. The number of aliphatic hydroxyl groups excluding tert-OH is 2. The summed E-state index contributed by atoms with van der Waals surface area (Å²) in [7, 11) is 0. The number of aliphatic carboxylic acids is 2. The normalized spacial score (nSPS) is 39.5. The maximum atomic E-state index is 12.8. The summed E-state index contributed by atoms with van der Waals surface area (Å²) in [5.74, 6) is -2.14. The van der Waals surface area contributed by atoms with E-state index in [0.717, 1.165) is 38.5 Å². The Bertz CT molecular complexity index is 824. The first kappa shape index (κ1) is 30.2. The van der Waals surface area contributed by atoms with Gasteiger partial charge in [-0.25, -0.2) is 0 Å². The van der Waals surface area contributed by atoms with Crippen LogP contribution in [-0.4, -0.2) is 69.2 Å². The van der Waals surface area contributed by atoms with Crippen molar-refractivity contribution in [3.8, 4) is 0 Å². The van der Waals surface area contributed by atoms with E-state index in [1.807, 2.05) is 0 Å². The number of nitrogens with one attached hydrogen (secondary N) is 2. The first-order chi connectivity index (χ1) is 18.7. The fourth-order valence-corrected chi connectivity index (χ4v) is 7.53. The van der Waals surface area contributed by atoms with Crippen LogP contribution in [0.1, 0.15) is 96.3 Å². The van der Waals surface area contributed by atoms with Crippen molar-refractivity contribution in [1.29, 1.82) is 0 Å². The van der Waals surface area contributed by atoms with Crippen molar-refractivity contribution in [2.75, 3.05) is 6.61 Å². The number of hydrogen-bond donors (Lipinski definition) is 6. The van der Waals surface area contributed by atoms with Crippen molar-refractivity contribution in [2.45, 2.75) is 121 Å². The topological polar surface area (TPSA) is 165 Å². The number of carbonyl (C=O) groups excluding carboxylic acids is 1. The van der Waals surface area contributed by atoms with Crippen molar-refractivity contribution < 1.29 is 39.6 Å². The van der Waals surface area contributed by atoms with Crippen molar-refractivity contribution in [1.82, 2.24) is 10.8 Å². The van der Waals surface area contributed by atoms with Gasteiger partial charge in [0.1, 0.15) is 0 Å². The molecule has 4 rings (SSSR count). The Morgan fingerprint density at radius 3 is 1.79 bits per heavy atom. The van der Waals surface area contributed by atoms with Gasteiger partial charge in [-0.1, -0.05) is 12.8 Å². The van der Waals surface area contributed by atoms with E-state index in [1.165, 1.54) is 19.3 Å². The molecule has 0 aromatic carbocycles. The molecule has 1 amide bonds. The zero-order valence-corrected chi connectivity index (χ0v) is 23.0. The maximum absolute atomic E-state index is 12.8. The average Bonchev–Trinajstić information content (AvgIpc) is 2.91. The number of carbonyl (C=O) groups is 3. The molecule has 39 heavy (non-hydrogen) atoms. The maximum Gasteiger partial charge on any atom is 0.308 e. The van der Waals surface area contributed by atoms with E-state index in [9.17, 15) is 34.8 Å². The van der Waals surface area contributed by atoms with Crippen molar-refractivity contribution in [2.24, 2.45) is 35.5 Å². The van der Waals surface area contributed by atoms with Crippen LogP contribution < -0.4 is 10.8 Å². The molecular formula is C29H48N2O8. The fraction of sp³-hybridized carbons (Fsp3) is 0.897. The van der Waals surface area contributed by atoms with Gasteiger partial charge in [0.05, 0.1) is 36.6 Å². The van der Waals surface area contributed by atoms with Gasteiger partial charge in [-0.05, 0) is 101 Å². The first-order valence-corrected chi connectivity index (χ1v) is 15.2. The number of hydrogen-bond acceptors (Lipinski definition) is 7. The largest absolute Gasteiger partial charge is 0.481 e. The van der Waals surface area contributed by atoms with Crippen LogP contribution in [0.25, 0.3) is 0 Å². The lowest BCUT2D eigenvalue weighted by Crippen LogP contribution is -2.46. The Kier molecular flexibility index (Phi) is 11.0. The molecule has 0 radical (unpaired) electrons. The third-order valence-electron chi connectivity index (χ3n) is 10.00. The Hall–Kier alpha value is -1.75. The van der Waals surface area contributed by atoms with E-state index in [1.54, 1.807) is 0 Å². The van der Waals surface area contributed by atoms with Crippen LogP contribution in [0.3, 0.4) is 0 Å². The van der Waals surface area contributed by atoms with Gasteiger partial charge in [-0.3, -0.25) is 14.4 Å². The van der Waals surface area contributed by atoms with Crippen molar-refractivity contribution >= 4 is 17.8 Å². The lowest BCUT2D eigenvalue weighted by molar-refractivity contribution is -0.151. The number of hydroxylamine groups is 1.